The first-order valence-corrected chi connectivity index (χ1v) is 6.65. The monoisotopic (exact) mass is 254 g/mol. The van der Waals surface area contributed by atoms with Crippen LogP contribution in [0.4, 0.5) is 0 Å². The Morgan fingerprint density at radius 2 is 1.83 bits per heavy atom. The van der Waals surface area contributed by atoms with Crippen LogP contribution in [0.2, 0.25) is 0 Å². The van der Waals surface area contributed by atoms with Crippen LogP contribution in [0.15, 0.2) is 11.1 Å². The van der Waals surface area contributed by atoms with Gasteiger partial charge in [-0.1, -0.05) is 26.3 Å². The first kappa shape index (κ1) is 15.2. The SMILES string of the molecule is CC(=O)O.CC1=C2CC(C)(C)CC2(C)CCC1O. The van der Waals surface area contributed by atoms with Crippen LogP contribution >= 0.6 is 0 Å². The summed E-state index contributed by atoms with van der Waals surface area (Å²) < 4.78 is 0. The molecule has 2 unspecified atom stereocenters. The Bertz CT molecular complexity index is 364. The van der Waals surface area contributed by atoms with Gasteiger partial charge in [-0.3, -0.25) is 4.79 Å². The van der Waals surface area contributed by atoms with E-state index in [9.17, 15) is 5.11 Å². The van der Waals surface area contributed by atoms with Gasteiger partial charge in [-0.05, 0) is 49.0 Å². The maximum absolute atomic E-state index is 9.85. The minimum Gasteiger partial charge on any atom is -0.481 e. The van der Waals surface area contributed by atoms with Crippen LogP contribution in [0.3, 0.4) is 0 Å². The average molecular weight is 254 g/mol. The Morgan fingerprint density at radius 3 is 2.33 bits per heavy atom. The van der Waals surface area contributed by atoms with Crippen LogP contribution in [0.5, 0.6) is 0 Å². The number of carbonyl (C=O) groups is 1. The highest BCUT2D eigenvalue weighted by molar-refractivity contribution is 5.62. The van der Waals surface area contributed by atoms with Crippen LogP contribution in [0, 0.1) is 10.8 Å². The summed E-state index contributed by atoms with van der Waals surface area (Å²) in [6, 6.07) is 0. The topological polar surface area (TPSA) is 57.5 Å². The largest absolute Gasteiger partial charge is 0.481 e. The van der Waals surface area contributed by atoms with Crippen LogP contribution in [0.1, 0.15) is 60.3 Å². The van der Waals surface area contributed by atoms with Crippen molar-refractivity contribution in [3.8, 4) is 0 Å². The fraction of sp³-hybridized carbons (Fsp3) is 0.800. The maximum atomic E-state index is 9.85. The lowest BCUT2D eigenvalue weighted by Gasteiger charge is -2.35. The molecule has 0 radical (unpaired) electrons. The number of carboxylic acid groups (broad SMARTS) is 1. The summed E-state index contributed by atoms with van der Waals surface area (Å²) in [5.74, 6) is -0.833. The predicted octanol–water partition coefficient (Wildman–Crippen LogP) is 3.37. The molecule has 2 aliphatic rings. The highest BCUT2D eigenvalue weighted by Gasteiger charge is 2.46. The van der Waals surface area contributed by atoms with Crippen molar-refractivity contribution in [1.82, 2.24) is 0 Å². The molecule has 0 saturated heterocycles. The summed E-state index contributed by atoms with van der Waals surface area (Å²) >= 11 is 0. The van der Waals surface area contributed by atoms with Gasteiger partial charge < -0.3 is 10.2 Å². The van der Waals surface area contributed by atoms with Crippen molar-refractivity contribution in [2.75, 3.05) is 0 Å². The second kappa shape index (κ2) is 5.04. The van der Waals surface area contributed by atoms with Gasteiger partial charge in [0.15, 0.2) is 0 Å². The molecule has 1 fully saturated rings. The van der Waals surface area contributed by atoms with E-state index in [-0.39, 0.29) is 6.10 Å². The Morgan fingerprint density at radius 1 is 1.33 bits per heavy atom. The van der Waals surface area contributed by atoms with E-state index < -0.39 is 5.97 Å². The summed E-state index contributed by atoms with van der Waals surface area (Å²) in [4.78, 5) is 9.00. The zero-order chi connectivity index (χ0) is 14.1. The number of aliphatic hydroxyl groups excluding tert-OH is 1. The van der Waals surface area contributed by atoms with Gasteiger partial charge in [-0.2, -0.15) is 0 Å². The molecule has 0 aromatic rings. The third-order valence-corrected chi connectivity index (χ3v) is 4.20. The van der Waals surface area contributed by atoms with Gasteiger partial charge in [0.2, 0.25) is 0 Å². The lowest BCUT2D eigenvalue weighted by molar-refractivity contribution is -0.134. The average Bonchev–Trinajstić information content (AvgIpc) is 2.43. The second-order valence-electron chi connectivity index (χ2n) is 6.81. The lowest BCUT2D eigenvalue weighted by Crippen LogP contribution is -2.27. The minimum absolute atomic E-state index is 0.160. The Balaban J connectivity index is 0.000000357. The first-order chi connectivity index (χ1) is 8.07. The second-order valence-corrected chi connectivity index (χ2v) is 6.81. The molecule has 3 heteroatoms. The Kier molecular flexibility index (Phi) is 4.26. The van der Waals surface area contributed by atoms with Crippen molar-refractivity contribution >= 4 is 5.97 Å². The maximum Gasteiger partial charge on any atom is 0.300 e. The van der Waals surface area contributed by atoms with Gasteiger partial charge in [-0.25, -0.2) is 0 Å². The van der Waals surface area contributed by atoms with Crippen molar-refractivity contribution in [1.29, 1.82) is 0 Å². The zero-order valence-electron chi connectivity index (χ0n) is 12.2. The number of aliphatic hydroxyl groups is 1. The smallest absolute Gasteiger partial charge is 0.300 e. The van der Waals surface area contributed by atoms with Gasteiger partial charge in [0.25, 0.3) is 5.97 Å². The van der Waals surface area contributed by atoms with Crippen LogP contribution in [0.25, 0.3) is 0 Å². The van der Waals surface area contributed by atoms with Gasteiger partial charge in [0.05, 0.1) is 6.10 Å². The molecule has 0 aromatic heterocycles. The molecule has 0 aliphatic heterocycles. The van der Waals surface area contributed by atoms with E-state index in [1.165, 1.54) is 24.8 Å². The van der Waals surface area contributed by atoms with E-state index >= 15 is 0 Å². The fourth-order valence-corrected chi connectivity index (χ4v) is 3.64. The number of aliphatic carboxylic acids is 1. The third-order valence-electron chi connectivity index (χ3n) is 4.20. The fourth-order valence-electron chi connectivity index (χ4n) is 3.64. The number of fused-ring (bicyclic) bond motifs is 1. The number of rotatable bonds is 0. The molecule has 3 nitrogen and oxygen atoms in total. The molecule has 2 rings (SSSR count). The standard InChI is InChI=1S/C13H22O.C2H4O2/c1-9-10-7-12(2,3)8-13(10,4)6-5-11(9)14;1-2(3)4/h11,14H,5-8H2,1-4H3;1H3,(H,3,4). The molecular formula is C15H26O3. The molecule has 0 spiro atoms. The predicted molar refractivity (Wildman–Crippen MR) is 72.4 cm³/mol. The summed E-state index contributed by atoms with van der Waals surface area (Å²) in [6.07, 6.45) is 4.45. The lowest BCUT2D eigenvalue weighted by atomic mass is 9.72. The molecule has 1 saturated carbocycles. The first-order valence-electron chi connectivity index (χ1n) is 6.65. The zero-order valence-corrected chi connectivity index (χ0v) is 12.2. The molecule has 18 heavy (non-hydrogen) atoms. The molecule has 0 aromatic carbocycles. The Hall–Kier alpha value is -0.830. The van der Waals surface area contributed by atoms with Crippen molar-refractivity contribution in [3.63, 3.8) is 0 Å². The molecule has 2 aliphatic carbocycles. The molecule has 104 valence electrons. The molecule has 2 N–H and O–H groups in total. The van der Waals surface area contributed by atoms with E-state index in [0.717, 1.165) is 13.3 Å². The highest BCUT2D eigenvalue weighted by atomic mass is 16.4. The van der Waals surface area contributed by atoms with Crippen molar-refractivity contribution in [2.45, 2.75) is 66.4 Å². The van der Waals surface area contributed by atoms with Gasteiger partial charge in [0, 0.05) is 6.92 Å². The van der Waals surface area contributed by atoms with Gasteiger partial charge in [-0.15, -0.1) is 0 Å². The molecule has 0 heterocycles. The summed E-state index contributed by atoms with van der Waals surface area (Å²) in [5, 5.41) is 17.3. The number of hydrogen-bond acceptors (Lipinski definition) is 2. The van der Waals surface area contributed by atoms with Crippen LogP contribution < -0.4 is 0 Å². The number of carboxylic acids is 1. The van der Waals surface area contributed by atoms with E-state index in [4.69, 9.17) is 9.90 Å². The van der Waals surface area contributed by atoms with E-state index in [2.05, 4.69) is 27.7 Å². The van der Waals surface area contributed by atoms with E-state index in [1.807, 2.05) is 0 Å². The molecule has 0 bridgehead atoms. The molecule has 0 amide bonds. The van der Waals surface area contributed by atoms with E-state index in [0.29, 0.717) is 10.8 Å². The summed E-state index contributed by atoms with van der Waals surface area (Å²) in [6.45, 7) is 10.3. The molecule has 2 atom stereocenters. The quantitative estimate of drug-likeness (QED) is 0.652. The van der Waals surface area contributed by atoms with Gasteiger partial charge >= 0.3 is 0 Å². The Labute approximate surface area is 110 Å². The molecular weight excluding hydrogens is 228 g/mol. The van der Waals surface area contributed by atoms with E-state index in [1.54, 1.807) is 5.57 Å². The highest BCUT2D eigenvalue weighted by Crippen LogP contribution is 2.58. The van der Waals surface area contributed by atoms with Crippen LogP contribution in [-0.4, -0.2) is 22.3 Å². The summed E-state index contributed by atoms with van der Waals surface area (Å²) in [5.41, 5.74) is 3.66. The van der Waals surface area contributed by atoms with Crippen LogP contribution in [-0.2, 0) is 4.79 Å². The van der Waals surface area contributed by atoms with Crippen molar-refractivity contribution in [3.05, 3.63) is 11.1 Å². The normalized spacial score (nSPS) is 33.6. The van der Waals surface area contributed by atoms with Gasteiger partial charge in [0.1, 0.15) is 0 Å². The third kappa shape index (κ3) is 3.35. The summed E-state index contributed by atoms with van der Waals surface area (Å²) in [7, 11) is 0. The minimum atomic E-state index is -0.833. The number of hydrogen-bond donors (Lipinski definition) is 2. The van der Waals surface area contributed by atoms with Crippen molar-refractivity contribution < 1.29 is 15.0 Å². The number of allylic oxidation sites excluding steroid dienone is 1. The van der Waals surface area contributed by atoms with Crippen molar-refractivity contribution in [2.24, 2.45) is 10.8 Å².